The molecule has 0 aromatic heterocycles. The van der Waals surface area contributed by atoms with Gasteiger partial charge in [0.25, 0.3) is 0 Å². The fourth-order valence-electron chi connectivity index (χ4n) is 0.226. The van der Waals surface area contributed by atoms with Crippen molar-refractivity contribution in [3.8, 4) is 11.8 Å². The number of rotatable bonds is 1. The smallest absolute Gasteiger partial charge is 0.0848 e. The van der Waals surface area contributed by atoms with E-state index in [9.17, 15) is 0 Å². The molecule has 0 saturated heterocycles. The van der Waals surface area contributed by atoms with Gasteiger partial charge in [0.15, 0.2) is 0 Å². The van der Waals surface area contributed by atoms with Gasteiger partial charge >= 0.3 is 0 Å². The first kappa shape index (κ1) is 6.26. The highest BCUT2D eigenvalue weighted by molar-refractivity contribution is 5.10. The van der Waals surface area contributed by atoms with Gasteiger partial charge in [-0.25, -0.2) is 0 Å². The van der Waals surface area contributed by atoms with Gasteiger partial charge in [-0.15, -0.1) is 12.5 Å². The van der Waals surface area contributed by atoms with Crippen LogP contribution in [0.4, 0.5) is 0 Å². The van der Waals surface area contributed by atoms with Gasteiger partial charge in [-0.2, -0.15) is 0 Å². The average Bonchev–Trinajstić information content (AvgIpc) is 1.68. The Labute approximate surface area is 44.2 Å². The van der Waals surface area contributed by atoms with Gasteiger partial charge in [-0.05, 0) is 6.92 Å². The van der Waals surface area contributed by atoms with Crippen molar-refractivity contribution in [2.24, 2.45) is 5.73 Å². The van der Waals surface area contributed by atoms with Gasteiger partial charge < -0.3 is 5.73 Å². The molecule has 0 aromatic rings. The number of hydrogen-bond donors (Lipinski definition) is 1. The summed E-state index contributed by atoms with van der Waals surface area (Å²) in [5.74, 6) is 5.38. The maximum absolute atomic E-state index is 5.29. The second-order valence-corrected chi connectivity index (χ2v) is 1.16. The lowest BCUT2D eigenvalue weighted by Gasteiger charge is -1.87. The van der Waals surface area contributed by atoms with Crippen LogP contribution in [0.2, 0.25) is 0 Å². The zero-order chi connectivity index (χ0) is 5.70. The van der Waals surface area contributed by atoms with Crippen molar-refractivity contribution in [2.75, 3.05) is 0 Å². The molecule has 0 bridgehead atoms. The van der Waals surface area contributed by atoms with Gasteiger partial charge in [0, 0.05) is 0 Å². The summed E-state index contributed by atoms with van der Waals surface area (Å²) in [5, 5.41) is 0. The summed E-state index contributed by atoms with van der Waals surface area (Å²) < 4.78 is 0. The van der Waals surface area contributed by atoms with Crippen molar-refractivity contribution >= 4 is 0 Å². The van der Waals surface area contributed by atoms with Gasteiger partial charge in [-0.1, -0.05) is 12.0 Å². The van der Waals surface area contributed by atoms with Gasteiger partial charge in [0.1, 0.15) is 0 Å². The molecule has 0 spiro atoms. The van der Waals surface area contributed by atoms with Crippen LogP contribution in [-0.2, 0) is 0 Å². The molecular formula is C6H9N. The minimum atomic E-state index is -0.148. The molecule has 1 atom stereocenters. The monoisotopic (exact) mass is 95.1 g/mol. The summed E-state index contributed by atoms with van der Waals surface area (Å²) in [6, 6.07) is -0.148. The third-order valence-corrected chi connectivity index (χ3v) is 0.565. The molecule has 2 N–H and O–H groups in total. The molecule has 0 amide bonds. The highest BCUT2D eigenvalue weighted by Gasteiger charge is 1.80. The van der Waals surface area contributed by atoms with Gasteiger partial charge in [-0.3, -0.25) is 0 Å². The second kappa shape index (κ2) is 3.45. The third kappa shape index (κ3) is 3.08. The van der Waals surface area contributed by atoms with Crippen LogP contribution in [0.1, 0.15) is 6.92 Å². The first-order valence-corrected chi connectivity index (χ1v) is 2.11. The van der Waals surface area contributed by atoms with E-state index in [-0.39, 0.29) is 6.04 Å². The molecule has 7 heavy (non-hydrogen) atoms. The van der Waals surface area contributed by atoms with Crippen molar-refractivity contribution < 1.29 is 0 Å². The number of nitrogens with two attached hydrogens (primary N) is 1. The fraction of sp³-hybridized carbons (Fsp3) is 0.333. The maximum atomic E-state index is 5.29. The summed E-state index contributed by atoms with van der Waals surface area (Å²) in [7, 11) is 0. The molecule has 0 aliphatic rings. The predicted octanol–water partition coefficient (Wildman–Crippen LogP) is 0.523. The van der Waals surface area contributed by atoms with Crippen LogP contribution >= 0.6 is 0 Å². The van der Waals surface area contributed by atoms with Crippen LogP contribution in [0, 0.1) is 11.8 Å². The molecule has 0 heterocycles. The SMILES string of the molecule is C=CC(N)C#CC. The molecular weight excluding hydrogens is 86.1 g/mol. The zero-order valence-electron chi connectivity index (χ0n) is 4.44. The van der Waals surface area contributed by atoms with Crippen LogP contribution in [-0.4, -0.2) is 6.04 Å². The minimum Gasteiger partial charge on any atom is -0.314 e. The topological polar surface area (TPSA) is 26.0 Å². The standard InChI is InChI=1S/C6H9N/c1-3-5-6(7)4-2/h4,6H,2,7H2,1H3. The van der Waals surface area contributed by atoms with Crippen LogP contribution < -0.4 is 5.73 Å². The Hall–Kier alpha value is -0.740. The van der Waals surface area contributed by atoms with Crippen LogP contribution in [0.3, 0.4) is 0 Å². The molecule has 1 unspecified atom stereocenters. The Morgan fingerprint density at radius 2 is 2.43 bits per heavy atom. The third-order valence-electron chi connectivity index (χ3n) is 0.565. The highest BCUT2D eigenvalue weighted by atomic mass is 14.6. The zero-order valence-corrected chi connectivity index (χ0v) is 4.44. The molecule has 0 saturated carbocycles. The summed E-state index contributed by atoms with van der Waals surface area (Å²) in [6.07, 6.45) is 1.61. The fourth-order valence-corrected chi connectivity index (χ4v) is 0.226. The van der Waals surface area contributed by atoms with E-state index >= 15 is 0 Å². The van der Waals surface area contributed by atoms with Crippen molar-refractivity contribution in [3.05, 3.63) is 12.7 Å². The molecule has 1 heteroatoms. The Morgan fingerprint density at radius 1 is 1.86 bits per heavy atom. The van der Waals surface area contributed by atoms with E-state index in [0.717, 1.165) is 0 Å². The first-order valence-electron chi connectivity index (χ1n) is 2.11. The lowest BCUT2D eigenvalue weighted by Crippen LogP contribution is -2.12. The Kier molecular flexibility index (Phi) is 3.09. The number of hydrogen-bond acceptors (Lipinski definition) is 1. The lowest BCUT2D eigenvalue weighted by atomic mass is 10.3. The average molecular weight is 95.1 g/mol. The molecule has 0 aromatic carbocycles. The molecule has 38 valence electrons. The predicted molar refractivity (Wildman–Crippen MR) is 31.6 cm³/mol. The minimum absolute atomic E-state index is 0.148. The van der Waals surface area contributed by atoms with Gasteiger partial charge in [0.2, 0.25) is 0 Å². The Balaban J connectivity index is 3.49. The van der Waals surface area contributed by atoms with Crippen LogP contribution in [0.15, 0.2) is 12.7 Å². The molecule has 0 radical (unpaired) electrons. The van der Waals surface area contributed by atoms with Crippen molar-refractivity contribution in [1.82, 2.24) is 0 Å². The summed E-state index contributed by atoms with van der Waals surface area (Å²) in [4.78, 5) is 0. The largest absolute Gasteiger partial charge is 0.314 e. The quantitative estimate of drug-likeness (QED) is 0.373. The maximum Gasteiger partial charge on any atom is 0.0848 e. The van der Waals surface area contributed by atoms with Crippen molar-refractivity contribution in [2.45, 2.75) is 13.0 Å². The molecule has 0 rings (SSSR count). The van der Waals surface area contributed by atoms with E-state index in [4.69, 9.17) is 5.73 Å². The summed E-state index contributed by atoms with van der Waals surface area (Å²) in [6.45, 7) is 5.21. The van der Waals surface area contributed by atoms with Crippen LogP contribution in [0.25, 0.3) is 0 Å². The summed E-state index contributed by atoms with van der Waals surface area (Å²) >= 11 is 0. The normalized spacial score (nSPS) is 11.1. The van der Waals surface area contributed by atoms with Crippen LogP contribution in [0.5, 0.6) is 0 Å². The summed E-state index contributed by atoms with van der Waals surface area (Å²) in [5.41, 5.74) is 5.29. The molecule has 0 aliphatic heterocycles. The van der Waals surface area contributed by atoms with E-state index in [1.807, 2.05) is 0 Å². The Bertz CT molecular complexity index is 105. The van der Waals surface area contributed by atoms with Crippen molar-refractivity contribution in [3.63, 3.8) is 0 Å². The molecule has 0 fully saturated rings. The Morgan fingerprint density at radius 3 is 2.57 bits per heavy atom. The van der Waals surface area contributed by atoms with E-state index in [1.165, 1.54) is 0 Å². The first-order chi connectivity index (χ1) is 3.31. The van der Waals surface area contributed by atoms with E-state index in [1.54, 1.807) is 13.0 Å². The van der Waals surface area contributed by atoms with E-state index in [0.29, 0.717) is 0 Å². The van der Waals surface area contributed by atoms with E-state index in [2.05, 4.69) is 18.4 Å². The van der Waals surface area contributed by atoms with E-state index < -0.39 is 0 Å². The molecule has 0 aliphatic carbocycles. The van der Waals surface area contributed by atoms with Crippen molar-refractivity contribution in [1.29, 1.82) is 0 Å². The van der Waals surface area contributed by atoms with Gasteiger partial charge in [0.05, 0.1) is 6.04 Å². The molecule has 1 nitrogen and oxygen atoms in total. The lowest BCUT2D eigenvalue weighted by molar-refractivity contribution is 1.07. The second-order valence-electron chi connectivity index (χ2n) is 1.16. The highest BCUT2D eigenvalue weighted by Crippen LogP contribution is 1.70.